The van der Waals surface area contributed by atoms with Crippen molar-refractivity contribution in [3.05, 3.63) is 0 Å². The highest BCUT2D eigenvalue weighted by Gasteiger charge is 2.50. The van der Waals surface area contributed by atoms with Crippen LogP contribution in [0.5, 0.6) is 0 Å². The van der Waals surface area contributed by atoms with E-state index in [1.165, 1.54) is 4.90 Å². The number of nitrogens with zero attached hydrogens (tertiary/aromatic N) is 1. The van der Waals surface area contributed by atoms with Gasteiger partial charge in [-0.1, -0.05) is 0 Å². The van der Waals surface area contributed by atoms with E-state index in [2.05, 4.69) is 5.32 Å². The number of rotatable bonds is 6. The van der Waals surface area contributed by atoms with Crippen molar-refractivity contribution >= 4 is 21.7 Å². The Morgan fingerprint density at radius 1 is 1.33 bits per heavy atom. The molecule has 1 aliphatic carbocycles. The molecule has 1 N–H and O–H groups in total. The molecule has 2 rings (SSSR count). The third kappa shape index (κ3) is 3.94. The molecule has 3 atom stereocenters. The van der Waals surface area contributed by atoms with Gasteiger partial charge in [-0.05, 0) is 12.8 Å². The Labute approximate surface area is 124 Å². The number of hydrogen-bond donors (Lipinski definition) is 1. The smallest absolute Gasteiger partial charge is 0.226 e. The van der Waals surface area contributed by atoms with Crippen LogP contribution in [0.1, 0.15) is 12.8 Å². The van der Waals surface area contributed by atoms with Gasteiger partial charge in [0, 0.05) is 26.7 Å². The lowest BCUT2D eigenvalue weighted by Gasteiger charge is -2.23. The van der Waals surface area contributed by atoms with Crippen molar-refractivity contribution in [3.63, 3.8) is 0 Å². The van der Waals surface area contributed by atoms with E-state index < -0.39 is 9.84 Å². The highest BCUT2D eigenvalue weighted by Crippen LogP contribution is 2.40. The minimum Gasteiger partial charge on any atom is -0.383 e. The number of nitrogens with one attached hydrogen (secondary N) is 1. The third-order valence-corrected chi connectivity index (χ3v) is 5.90. The second-order valence-electron chi connectivity index (χ2n) is 5.74. The van der Waals surface area contributed by atoms with Crippen LogP contribution < -0.4 is 5.32 Å². The zero-order chi connectivity index (χ0) is 15.6. The van der Waals surface area contributed by atoms with Crippen LogP contribution in [0.2, 0.25) is 0 Å². The highest BCUT2D eigenvalue weighted by molar-refractivity contribution is 7.91. The maximum atomic E-state index is 12.3. The van der Waals surface area contributed by atoms with E-state index in [-0.39, 0.29) is 41.2 Å². The van der Waals surface area contributed by atoms with Gasteiger partial charge in [0.2, 0.25) is 11.8 Å². The van der Waals surface area contributed by atoms with Gasteiger partial charge in [-0.2, -0.15) is 0 Å². The monoisotopic (exact) mass is 318 g/mol. The summed E-state index contributed by atoms with van der Waals surface area (Å²) in [7, 11) is 0.176. The van der Waals surface area contributed by atoms with Gasteiger partial charge in [-0.25, -0.2) is 8.42 Å². The van der Waals surface area contributed by atoms with Gasteiger partial charge in [0.25, 0.3) is 0 Å². The average Bonchev–Trinajstić information content (AvgIpc) is 3.15. The van der Waals surface area contributed by atoms with Crippen LogP contribution in [0.3, 0.4) is 0 Å². The molecule has 0 aromatic carbocycles. The standard InChI is InChI=1S/C13H22N2O5S/c1-15(9-3-6-21(18,19)8-9)13(17)11-7-10(11)12(16)14-4-5-20-2/h9-11H,3-8H2,1-2H3,(H,14,16). The lowest BCUT2D eigenvalue weighted by atomic mass is 10.2. The summed E-state index contributed by atoms with van der Waals surface area (Å²) < 4.78 is 27.8. The maximum Gasteiger partial charge on any atom is 0.226 e. The number of sulfone groups is 1. The lowest BCUT2D eigenvalue weighted by molar-refractivity contribution is -0.135. The van der Waals surface area contributed by atoms with E-state index in [1.807, 2.05) is 0 Å². The van der Waals surface area contributed by atoms with E-state index in [9.17, 15) is 18.0 Å². The van der Waals surface area contributed by atoms with Crippen molar-refractivity contribution in [2.24, 2.45) is 11.8 Å². The van der Waals surface area contributed by atoms with E-state index in [0.717, 1.165) is 0 Å². The molecular formula is C13H22N2O5S. The minimum absolute atomic E-state index is 0.0344. The molecule has 1 saturated heterocycles. The first-order valence-electron chi connectivity index (χ1n) is 7.09. The van der Waals surface area contributed by atoms with Crippen LogP contribution >= 0.6 is 0 Å². The molecule has 8 heteroatoms. The number of amides is 2. The van der Waals surface area contributed by atoms with E-state index >= 15 is 0 Å². The molecule has 2 aliphatic rings. The topological polar surface area (TPSA) is 92.8 Å². The first kappa shape index (κ1) is 16.2. The van der Waals surface area contributed by atoms with E-state index in [4.69, 9.17) is 4.74 Å². The Balaban J connectivity index is 1.81. The third-order valence-electron chi connectivity index (χ3n) is 4.15. The van der Waals surface area contributed by atoms with Crippen LogP contribution in [0.4, 0.5) is 0 Å². The summed E-state index contributed by atoms with van der Waals surface area (Å²) in [5.41, 5.74) is 0. The number of carbonyl (C=O) groups excluding carboxylic acids is 2. The zero-order valence-electron chi connectivity index (χ0n) is 12.4. The highest BCUT2D eigenvalue weighted by atomic mass is 32.2. The van der Waals surface area contributed by atoms with Crippen molar-refractivity contribution in [2.75, 3.05) is 38.8 Å². The fourth-order valence-corrected chi connectivity index (χ4v) is 4.46. The van der Waals surface area contributed by atoms with Gasteiger partial charge in [0.05, 0.1) is 29.9 Å². The average molecular weight is 318 g/mol. The molecule has 2 amide bonds. The molecule has 1 saturated carbocycles. The first-order chi connectivity index (χ1) is 9.85. The predicted molar refractivity (Wildman–Crippen MR) is 76.3 cm³/mol. The molecule has 7 nitrogen and oxygen atoms in total. The summed E-state index contributed by atoms with van der Waals surface area (Å²) in [5.74, 6) is -0.661. The van der Waals surface area contributed by atoms with Gasteiger partial charge < -0.3 is 15.0 Å². The predicted octanol–water partition coefficient (Wildman–Crippen LogP) is -0.969. The van der Waals surface area contributed by atoms with E-state index in [0.29, 0.717) is 26.0 Å². The fraction of sp³-hybridized carbons (Fsp3) is 0.846. The number of carbonyl (C=O) groups is 2. The molecule has 120 valence electrons. The van der Waals surface area contributed by atoms with Crippen LogP contribution in [0, 0.1) is 11.8 Å². The second kappa shape index (κ2) is 6.31. The van der Waals surface area contributed by atoms with Gasteiger partial charge in [-0.3, -0.25) is 9.59 Å². The molecule has 21 heavy (non-hydrogen) atoms. The second-order valence-corrected chi connectivity index (χ2v) is 7.97. The van der Waals surface area contributed by atoms with Gasteiger partial charge in [0.1, 0.15) is 0 Å². The maximum absolute atomic E-state index is 12.3. The Morgan fingerprint density at radius 3 is 2.62 bits per heavy atom. The summed E-state index contributed by atoms with van der Waals surface area (Å²) in [5, 5.41) is 2.72. The number of hydrogen-bond acceptors (Lipinski definition) is 5. The van der Waals surface area contributed by atoms with Gasteiger partial charge in [0.15, 0.2) is 9.84 Å². The summed E-state index contributed by atoms with van der Waals surface area (Å²) >= 11 is 0. The van der Waals surface area contributed by atoms with Crippen molar-refractivity contribution in [1.29, 1.82) is 0 Å². The van der Waals surface area contributed by atoms with Crippen LogP contribution in [-0.4, -0.2) is 70.0 Å². The number of methoxy groups -OCH3 is 1. The normalized spacial score (nSPS) is 29.9. The minimum atomic E-state index is -3.01. The fourth-order valence-electron chi connectivity index (χ4n) is 2.69. The van der Waals surface area contributed by atoms with Crippen LogP contribution in [0.15, 0.2) is 0 Å². The molecule has 0 radical (unpaired) electrons. The van der Waals surface area contributed by atoms with Gasteiger partial charge in [-0.15, -0.1) is 0 Å². The largest absolute Gasteiger partial charge is 0.383 e. The lowest BCUT2D eigenvalue weighted by Crippen LogP contribution is -2.40. The molecule has 0 bridgehead atoms. The van der Waals surface area contributed by atoms with Crippen molar-refractivity contribution in [2.45, 2.75) is 18.9 Å². The molecule has 2 fully saturated rings. The molecule has 0 aromatic heterocycles. The molecule has 0 aromatic rings. The molecule has 3 unspecified atom stereocenters. The summed E-state index contributed by atoms with van der Waals surface area (Å²) in [6, 6.07) is -0.250. The Hall–Kier alpha value is -1.15. The van der Waals surface area contributed by atoms with Crippen LogP contribution in [-0.2, 0) is 24.2 Å². The quantitative estimate of drug-likeness (QED) is 0.636. The van der Waals surface area contributed by atoms with Gasteiger partial charge >= 0.3 is 0 Å². The molecule has 1 aliphatic heterocycles. The Bertz CT molecular complexity index is 519. The zero-order valence-corrected chi connectivity index (χ0v) is 13.2. The van der Waals surface area contributed by atoms with Crippen LogP contribution in [0.25, 0.3) is 0 Å². The first-order valence-corrected chi connectivity index (χ1v) is 8.91. The van der Waals surface area contributed by atoms with Crippen molar-refractivity contribution in [3.8, 4) is 0 Å². The van der Waals surface area contributed by atoms with Crippen molar-refractivity contribution < 1.29 is 22.7 Å². The summed E-state index contributed by atoms with van der Waals surface area (Å²) in [6.45, 7) is 0.875. The number of ether oxygens (including phenoxy) is 1. The molecule has 1 heterocycles. The SMILES string of the molecule is COCCNC(=O)C1CC1C(=O)N(C)C1CCS(=O)(=O)C1. The molecule has 0 spiro atoms. The summed E-state index contributed by atoms with van der Waals surface area (Å²) in [4.78, 5) is 25.6. The summed E-state index contributed by atoms with van der Waals surface area (Å²) in [6.07, 6.45) is 1.03. The Morgan fingerprint density at radius 2 is 2.05 bits per heavy atom. The molecular weight excluding hydrogens is 296 g/mol. The Kier molecular flexibility index (Phi) is 4.88. The van der Waals surface area contributed by atoms with E-state index in [1.54, 1.807) is 14.2 Å². The van der Waals surface area contributed by atoms with Crippen molar-refractivity contribution in [1.82, 2.24) is 10.2 Å².